The molecule has 1 amide bonds. The molecule has 112 valence electrons. The number of thiazole rings is 1. The number of carbonyl (C=O) groups is 1. The largest absolute Gasteiger partial charge is 0.467 e. The monoisotopic (exact) mass is 332 g/mol. The van der Waals surface area contributed by atoms with Gasteiger partial charge in [-0.25, -0.2) is 4.98 Å². The van der Waals surface area contributed by atoms with Crippen LogP contribution < -0.4 is 4.90 Å². The van der Waals surface area contributed by atoms with Crippen LogP contribution in [0.1, 0.15) is 18.6 Å². The van der Waals surface area contributed by atoms with Crippen molar-refractivity contribution in [2.75, 3.05) is 4.90 Å². The van der Waals surface area contributed by atoms with E-state index in [0.717, 1.165) is 28.8 Å². The summed E-state index contributed by atoms with van der Waals surface area (Å²) in [6.45, 7) is 0.413. The van der Waals surface area contributed by atoms with E-state index in [2.05, 4.69) is 4.98 Å². The smallest absolute Gasteiger partial charge is 0.232 e. The number of fused-ring (bicyclic) bond motifs is 1. The van der Waals surface area contributed by atoms with E-state index in [1.54, 1.807) is 11.2 Å². The van der Waals surface area contributed by atoms with E-state index in [9.17, 15) is 4.79 Å². The highest BCUT2D eigenvalue weighted by Crippen LogP contribution is 2.37. The highest BCUT2D eigenvalue weighted by Gasteiger charge is 2.35. The first-order chi connectivity index (χ1) is 10.7. The van der Waals surface area contributed by atoms with E-state index in [0.29, 0.717) is 16.7 Å². The minimum Gasteiger partial charge on any atom is -0.467 e. The Kier molecular flexibility index (Phi) is 3.39. The second-order valence-corrected chi connectivity index (χ2v) is 6.83. The predicted molar refractivity (Wildman–Crippen MR) is 87.3 cm³/mol. The second-order valence-electron chi connectivity index (χ2n) is 5.39. The normalized spacial score (nSPS) is 14.4. The molecule has 1 fully saturated rings. The van der Waals surface area contributed by atoms with Crippen molar-refractivity contribution in [1.82, 2.24) is 4.98 Å². The van der Waals surface area contributed by atoms with Crippen molar-refractivity contribution in [2.24, 2.45) is 5.92 Å². The van der Waals surface area contributed by atoms with Crippen molar-refractivity contribution in [3.05, 3.63) is 47.4 Å². The summed E-state index contributed by atoms with van der Waals surface area (Å²) in [7, 11) is 0. The zero-order valence-corrected chi connectivity index (χ0v) is 13.2. The molecule has 4 rings (SSSR count). The van der Waals surface area contributed by atoms with E-state index >= 15 is 0 Å². The van der Waals surface area contributed by atoms with Gasteiger partial charge in [0.1, 0.15) is 5.76 Å². The molecule has 0 spiro atoms. The molecule has 2 aromatic heterocycles. The fourth-order valence-electron chi connectivity index (χ4n) is 2.35. The molecule has 1 aromatic carbocycles. The fourth-order valence-corrected chi connectivity index (χ4v) is 3.60. The maximum absolute atomic E-state index is 12.6. The number of nitrogens with zero attached hydrogens (tertiary/aromatic N) is 2. The maximum atomic E-state index is 12.6. The van der Waals surface area contributed by atoms with Crippen molar-refractivity contribution in [3.63, 3.8) is 0 Å². The van der Waals surface area contributed by atoms with Gasteiger partial charge in [0.15, 0.2) is 5.13 Å². The van der Waals surface area contributed by atoms with E-state index in [4.69, 9.17) is 16.0 Å². The fraction of sp³-hybridized carbons (Fsp3) is 0.250. The third-order valence-corrected chi connectivity index (χ3v) is 4.93. The topological polar surface area (TPSA) is 46.3 Å². The van der Waals surface area contributed by atoms with Crippen molar-refractivity contribution < 1.29 is 9.21 Å². The van der Waals surface area contributed by atoms with E-state index in [1.165, 1.54) is 11.3 Å². The number of rotatable bonds is 4. The van der Waals surface area contributed by atoms with E-state index < -0.39 is 0 Å². The summed E-state index contributed by atoms with van der Waals surface area (Å²) in [5.74, 6) is 1.01. The first-order valence-electron chi connectivity index (χ1n) is 7.10. The van der Waals surface area contributed by atoms with Gasteiger partial charge in [0.25, 0.3) is 0 Å². The van der Waals surface area contributed by atoms with Crippen LogP contribution in [0.4, 0.5) is 5.13 Å². The molecule has 0 bridgehead atoms. The maximum Gasteiger partial charge on any atom is 0.232 e. The van der Waals surface area contributed by atoms with Gasteiger partial charge in [0.05, 0.1) is 23.0 Å². The summed E-state index contributed by atoms with van der Waals surface area (Å²) < 4.78 is 6.37. The van der Waals surface area contributed by atoms with Gasteiger partial charge in [-0.3, -0.25) is 9.69 Å². The molecule has 0 saturated heterocycles. The summed E-state index contributed by atoms with van der Waals surface area (Å²) in [6, 6.07) is 9.27. The number of anilines is 1. The van der Waals surface area contributed by atoms with Crippen LogP contribution in [-0.4, -0.2) is 10.9 Å². The molecule has 3 aromatic rings. The van der Waals surface area contributed by atoms with Crippen molar-refractivity contribution in [2.45, 2.75) is 19.4 Å². The Morgan fingerprint density at radius 3 is 3.00 bits per heavy atom. The first-order valence-corrected chi connectivity index (χ1v) is 8.30. The molecule has 0 N–H and O–H groups in total. The molecular formula is C16H13ClN2O2S. The Bertz CT molecular complexity index is 824. The molecule has 1 aliphatic carbocycles. The Balaban J connectivity index is 1.72. The van der Waals surface area contributed by atoms with Crippen LogP contribution in [-0.2, 0) is 11.3 Å². The molecule has 22 heavy (non-hydrogen) atoms. The average molecular weight is 333 g/mol. The number of aromatic nitrogens is 1. The lowest BCUT2D eigenvalue weighted by molar-refractivity contribution is -0.120. The minimum atomic E-state index is 0.126. The highest BCUT2D eigenvalue weighted by molar-refractivity contribution is 7.22. The van der Waals surface area contributed by atoms with Gasteiger partial charge in [-0.1, -0.05) is 22.9 Å². The Morgan fingerprint density at radius 1 is 1.41 bits per heavy atom. The Hall–Kier alpha value is -1.85. The molecule has 6 heteroatoms. The predicted octanol–water partition coefficient (Wildman–Crippen LogP) is 4.49. The van der Waals surface area contributed by atoms with Gasteiger partial charge >= 0.3 is 0 Å². The number of halogens is 1. The second kappa shape index (κ2) is 5.41. The summed E-state index contributed by atoms with van der Waals surface area (Å²) in [5, 5.41) is 1.37. The molecular weight excluding hydrogens is 320 g/mol. The van der Waals surface area contributed by atoms with E-state index in [-0.39, 0.29) is 11.8 Å². The van der Waals surface area contributed by atoms with Crippen LogP contribution in [0.3, 0.4) is 0 Å². The number of hydrogen-bond donors (Lipinski definition) is 0. The SMILES string of the molecule is O=C(C1CC1)N(Cc1ccco1)c1nc2ccc(Cl)cc2s1. The quantitative estimate of drug-likeness (QED) is 0.707. The molecule has 2 heterocycles. The van der Waals surface area contributed by atoms with Crippen molar-refractivity contribution in [1.29, 1.82) is 0 Å². The van der Waals surface area contributed by atoms with Gasteiger partial charge in [-0.05, 0) is 43.2 Å². The number of amides is 1. The molecule has 4 nitrogen and oxygen atoms in total. The van der Waals surface area contributed by atoms with Crippen molar-refractivity contribution in [3.8, 4) is 0 Å². The van der Waals surface area contributed by atoms with Crippen LogP contribution in [0, 0.1) is 5.92 Å². The van der Waals surface area contributed by atoms with Crippen LogP contribution in [0.25, 0.3) is 10.2 Å². The number of benzene rings is 1. The summed E-state index contributed by atoms with van der Waals surface area (Å²) in [6.07, 6.45) is 3.54. The number of hydrogen-bond acceptors (Lipinski definition) is 4. The van der Waals surface area contributed by atoms with Gasteiger partial charge in [0, 0.05) is 10.9 Å². The average Bonchev–Trinajstić information content (AvgIpc) is 3.07. The zero-order valence-electron chi connectivity index (χ0n) is 11.7. The zero-order chi connectivity index (χ0) is 15.1. The third kappa shape index (κ3) is 2.62. The Morgan fingerprint density at radius 2 is 2.27 bits per heavy atom. The molecule has 0 unspecified atom stereocenters. The third-order valence-electron chi connectivity index (χ3n) is 3.66. The molecule has 0 atom stereocenters. The minimum absolute atomic E-state index is 0.126. The highest BCUT2D eigenvalue weighted by atomic mass is 35.5. The molecule has 0 aliphatic heterocycles. The lowest BCUT2D eigenvalue weighted by atomic mass is 10.3. The summed E-state index contributed by atoms with van der Waals surface area (Å²) in [5.41, 5.74) is 0.859. The van der Waals surface area contributed by atoms with Crippen LogP contribution >= 0.6 is 22.9 Å². The van der Waals surface area contributed by atoms with Gasteiger partial charge in [0.2, 0.25) is 5.91 Å². The first kappa shape index (κ1) is 13.8. The summed E-state index contributed by atoms with van der Waals surface area (Å²) in [4.78, 5) is 18.9. The number of furan rings is 1. The van der Waals surface area contributed by atoms with Crippen LogP contribution in [0.15, 0.2) is 41.0 Å². The van der Waals surface area contributed by atoms with Gasteiger partial charge in [-0.2, -0.15) is 0 Å². The van der Waals surface area contributed by atoms with Crippen LogP contribution in [0.5, 0.6) is 0 Å². The van der Waals surface area contributed by atoms with Gasteiger partial charge in [-0.15, -0.1) is 0 Å². The Labute approximate surface area is 136 Å². The standard InChI is InChI=1S/C16H13ClN2O2S/c17-11-5-6-13-14(8-11)22-16(18-13)19(15(20)10-3-4-10)9-12-2-1-7-21-12/h1-2,5-8,10H,3-4,9H2. The lowest BCUT2D eigenvalue weighted by Gasteiger charge is -2.18. The molecule has 1 aliphatic rings. The van der Waals surface area contributed by atoms with Crippen LogP contribution in [0.2, 0.25) is 5.02 Å². The molecule has 0 radical (unpaired) electrons. The summed E-state index contributed by atoms with van der Waals surface area (Å²) >= 11 is 7.51. The van der Waals surface area contributed by atoms with Gasteiger partial charge < -0.3 is 4.42 Å². The lowest BCUT2D eigenvalue weighted by Crippen LogP contribution is -2.31. The van der Waals surface area contributed by atoms with E-state index in [1.807, 2.05) is 30.3 Å². The molecule has 1 saturated carbocycles. The number of carbonyl (C=O) groups excluding carboxylic acids is 1. The van der Waals surface area contributed by atoms with Crippen molar-refractivity contribution >= 4 is 44.2 Å².